The van der Waals surface area contributed by atoms with Crippen molar-refractivity contribution in [2.45, 2.75) is 33.9 Å². The Morgan fingerprint density at radius 3 is 2.62 bits per heavy atom. The van der Waals surface area contributed by atoms with Crippen molar-refractivity contribution in [1.29, 1.82) is 0 Å². The molecule has 2 aromatic rings. The van der Waals surface area contributed by atoms with E-state index < -0.39 is 0 Å². The van der Waals surface area contributed by atoms with Crippen LogP contribution in [0.3, 0.4) is 0 Å². The van der Waals surface area contributed by atoms with Crippen LogP contribution in [0.5, 0.6) is 0 Å². The summed E-state index contributed by atoms with van der Waals surface area (Å²) < 4.78 is 1.77. The minimum Gasteiger partial charge on any atom is -0.307 e. The molecular formula is C14H19N5O2. The van der Waals surface area contributed by atoms with Crippen LogP contribution in [0.15, 0.2) is 12.4 Å². The number of hydrogen-bond donors (Lipinski definition) is 1. The van der Waals surface area contributed by atoms with Gasteiger partial charge in [0.1, 0.15) is 0 Å². The lowest BCUT2D eigenvalue weighted by Gasteiger charge is -2.08. The van der Waals surface area contributed by atoms with Gasteiger partial charge in [0.25, 0.3) is 5.69 Å². The fourth-order valence-corrected chi connectivity index (χ4v) is 2.36. The molecule has 0 aliphatic carbocycles. The third-order valence-electron chi connectivity index (χ3n) is 3.48. The summed E-state index contributed by atoms with van der Waals surface area (Å²) in [5.74, 6) is 0. The SMILES string of the molecule is Cc1cnc(CNCc2cn(C)nc2C)c(C)c1[N+](=O)[O-]. The van der Waals surface area contributed by atoms with Crippen LogP contribution in [-0.2, 0) is 20.1 Å². The van der Waals surface area contributed by atoms with Crippen LogP contribution in [0, 0.1) is 30.9 Å². The second-order valence-electron chi connectivity index (χ2n) is 5.14. The van der Waals surface area contributed by atoms with Gasteiger partial charge in [0.05, 0.1) is 16.3 Å². The average molecular weight is 289 g/mol. The predicted octanol–water partition coefficient (Wildman–Crippen LogP) is 1.94. The Morgan fingerprint density at radius 1 is 1.33 bits per heavy atom. The van der Waals surface area contributed by atoms with Crippen LogP contribution >= 0.6 is 0 Å². The molecule has 0 fully saturated rings. The van der Waals surface area contributed by atoms with E-state index >= 15 is 0 Å². The van der Waals surface area contributed by atoms with Gasteiger partial charge in [-0.05, 0) is 20.8 Å². The van der Waals surface area contributed by atoms with E-state index in [0.29, 0.717) is 29.9 Å². The molecule has 0 aromatic carbocycles. The third kappa shape index (κ3) is 3.25. The zero-order valence-corrected chi connectivity index (χ0v) is 12.7. The lowest BCUT2D eigenvalue weighted by molar-refractivity contribution is -0.386. The summed E-state index contributed by atoms with van der Waals surface area (Å²) in [4.78, 5) is 15.0. The van der Waals surface area contributed by atoms with Gasteiger partial charge >= 0.3 is 0 Å². The summed E-state index contributed by atoms with van der Waals surface area (Å²) in [6.45, 7) is 6.54. The number of nitro groups is 1. The molecule has 7 heteroatoms. The number of aryl methyl sites for hydroxylation is 3. The van der Waals surface area contributed by atoms with Crippen LogP contribution in [0.2, 0.25) is 0 Å². The van der Waals surface area contributed by atoms with Crippen molar-refractivity contribution in [2.75, 3.05) is 0 Å². The number of hydrogen-bond acceptors (Lipinski definition) is 5. The lowest BCUT2D eigenvalue weighted by atomic mass is 10.1. The minimum absolute atomic E-state index is 0.152. The predicted molar refractivity (Wildman–Crippen MR) is 78.9 cm³/mol. The van der Waals surface area contributed by atoms with E-state index in [0.717, 1.165) is 11.3 Å². The van der Waals surface area contributed by atoms with Crippen LogP contribution < -0.4 is 5.32 Å². The van der Waals surface area contributed by atoms with Crippen molar-refractivity contribution in [3.63, 3.8) is 0 Å². The van der Waals surface area contributed by atoms with Gasteiger partial charge < -0.3 is 5.32 Å². The van der Waals surface area contributed by atoms with Gasteiger partial charge in [-0.3, -0.25) is 19.8 Å². The molecular weight excluding hydrogens is 270 g/mol. The van der Waals surface area contributed by atoms with Gasteiger partial charge in [-0.25, -0.2) is 0 Å². The largest absolute Gasteiger partial charge is 0.307 e. The van der Waals surface area contributed by atoms with Crippen molar-refractivity contribution in [2.24, 2.45) is 7.05 Å². The van der Waals surface area contributed by atoms with E-state index in [2.05, 4.69) is 15.4 Å². The number of nitrogens with one attached hydrogen (secondary N) is 1. The van der Waals surface area contributed by atoms with Crippen LogP contribution in [-0.4, -0.2) is 19.7 Å². The van der Waals surface area contributed by atoms with Gasteiger partial charge in [0.15, 0.2) is 0 Å². The molecule has 0 amide bonds. The minimum atomic E-state index is -0.346. The summed E-state index contributed by atoms with van der Waals surface area (Å²) in [5, 5.41) is 18.6. The van der Waals surface area contributed by atoms with E-state index in [1.165, 1.54) is 0 Å². The first-order chi connectivity index (χ1) is 9.90. The molecule has 0 unspecified atom stereocenters. The molecule has 0 aliphatic heterocycles. The van der Waals surface area contributed by atoms with Crippen molar-refractivity contribution < 1.29 is 4.92 Å². The molecule has 7 nitrogen and oxygen atoms in total. The average Bonchev–Trinajstić information content (AvgIpc) is 2.70. The zero-order valence-electron chi connectivity index (χ0n) is 12.7. The first-order valence-electron chi connectivity index (χ1n) is 6.69. The van der Waals surface area contributed by atoms with Crippen molar-refractivity contribution >= 4 is 5.69 Å². The maximum atomic E-state index is 11.1. The van der Waals surface area contributed by atoms with Gasteiger partial charge in [-0.15, -0.1) is 0 Å². The van der Waals surface area contributed by atoms with E-state index in [1.54, 1.807) is 24.7 Å². The van der Waals surface area contributed by atoms with Gasteiger partial charge in [0, 0.05) is 49.2 Å². The molecule has 0 bridgehead atoms. The third-order valence-corrected chi connectivity index (χ3v) is 3.48. The molecule has 2 heterocycles. The second kappa shape index (κ2) is 6.01. The Morgan fingerprint density at radius 2 is 2.05 bits per heavy atom. The van der Waals surface area contributed by atoms with Crippen molar-refractivity contribution in [1.82, 2.24) is 20.1 Å². The standard InChI is InChI=1S/C14H19N5O2/c1-9-5-16-13(10(2)14(9)19(20)21)7-15-6-12-8-18(4)17-11(12)3/h5,8,15H,6-7H2,1-4H3. The first-order valence-corrected chi connectivity index (χ1v) is 6.69. The highest BCUT2D eigenvalue weighted by molar-refractivity contribution is 5.47. The summed E-state index contributed by atoms with van der Waals surface area (Å²) in [6.07, 6.45) is 3.51. The molecule has 0 atom stereocenters. The molecule has 1 N–H and O–H groups in total. The Bertz CT molecular complexity index is 678. The number of pyridine rings is 1. The quantitative estimate of drug-likeness (QED) is 0.671. The number of aromatic nitrogens is 3. The Kier molecular flexibility index (Phi) is 4.32. The maximum absolute atomic E-state index is 11.1. The smallest absolute Gasteiger partial charge is 0.278 e. The van der Waals surface area contributed by atoms with Crippen LogP contribution in [0.4, 0.5) is 5.69 Å². The van der Waals surface area contributed by atoms with Crippen molar-refractivity contribution in [3.05, 3.63) is 50.6 Å². The zero-order chi connectivity index (χ0) is 15.6. The maximum Gasteiger partial charge on any atom is 0.278 e. The van der Waals surface area contributed by atoms with Crippen molar-refractivity contribution in [3.8, 4) is 0 Å². The number of rotatable bonds is 5. The van der Waals surface area contributed by atoms with Gasteiger partial charge in [-0.2, -0.15) is 5.10 Å². The second-order valence-corrected chi connectivity index (χ2v) is 5.14. The fourth-order valence-electron chi connectivity index (χ4n) is 2.36. The highest BCUT2D eigenvalue weighted by Gasteiger charge is 2.18. The van der Waals surface area contributed by atoms with E-state index in [4.69, 9.17) is 0 Å². The summed E-state index contributed by atoms with van der Waals surface area (Å²) >= 11 is 0. The van der Waals surface area contributed by atoms with E-state index in [9.17, 15) is 10.1 Å². The molecule has 2 rings (SSSR count). The molecule has 0 radical (unpaired) electrons. The molecule has 0 saturated heterocycles. The molecule has 0 aliphatic rings. The molecule has 0 spiro atoms. The lowest BCUT2D eigenvalue weighted by Crippen LogP contribution is -2.15. The van der Waals surface area contributed by atoms with Crippen LogP contribution in [0.1, 0.15) is 28.1 Å². The molecule has 21 heavy (non-hydrogen) atoms. The van der Waals surface area contributed by atoms with E-state index in [-0.39, 0.29) is 10.6 Å². The monoisotopic (exact) mass is 289 g/mol. The van der Waals surface area contributed by atoms with Gasteiger partial charge in [-0.1, -0.05) is 0 Å². The summed E-state index contributed by atoms with van der Waals surface area (Å²) in [6, 6.07) is 0. The Hall–Kier alpha value is -2.28. The molecule has 112 valence electrons. The van der Waals surface area contributed by atoms with E-state index in [1.807, 2.05) is 20.2 Å². The molecule has 0 saturated carbocycles. The molecule has 2 aromatic heterocycles. The number of nitrogens with zero attached hydrogens (tertiary/aromatic N) is 4. The Balaban J connectivity index is 2.09. The Labute approximate surface area is 123 Å². The van der Waals surface area contributed by atoms with Crippen LogP contribution in [0.25, 0.3) is 0 Å². The highest BCUT2D eigenvalue weighted by atomic mass is 16.6. The topological polar surface area (TPSA) is 85.9 Å². The summed E-state index contributed by atoms with van der Waals surface area (Å²) in [7, 11) is 1.88. The highest BCUT2D eigenvalue weighted by Crippen LogP contribution is 2.23. The summed E-state index contributed by atoms with van der Waals surface area (Å²) in [5.41, 5.74) is 4.15. The first kappa shape index (κ1) is 15.1. The normalized spacial score (nSPS) is 10.9. The van der Waals surface area contributed by atoms with Gasteiger partial charge in [0.2, 0.25) is 0 Å². The fraction of sp³-hybridized carbons (Fsp3) is 0.429.